The number of hydrogen-bond donors (Lipinski definition) is 3. The average molecular weight is 604 g/mol. The molecular formula is C29H28Cl2N2O6S. The summed E-state index contributed by atoms with van der Waals surface area (Å²) in [6.45, 7) is 1.91. The summed E-state index contributed by atoms with van der Waals surface area (Å²) in [6, 6.07) is 10.0. The molecule has 4 aromatic rings. The van der Waals surface area contributed by atoms with Crippen LogP contribution in [-0.2, 0) is 16.9 Å². The molecule has 2 fully saturated rings. The van der Waals surface area contributed by atoms with Crippen molar-refractivity contribution >= 4 is 50.7 Å². The molecule has 2 aliphatic carbocycles. The zero-order chi connectivity index (χ0) is 28.2. The molecule has 0 amide bonds. The van der Waals surface area contributed by atoms with E-state index in [0.29, 0.717) is 55.3 Å². The van der Waals surface area contributed by atoms with Crippen LogP contribution in [0.4, 0.5) is 0 Å². The lowest BCUT2D eigenvalue weighted by molar-refractivity contribution is -0.151. The summed E-state index contributed by atoms with van der Waals surface area (Å²) >= 11 is 14.2. The zero-order valence-corrected chi connectivity index (χ0v) is 24.0. The molecule has 0 saturated heterocycles. The molecule has 11 heteroatoms. The van der Waals surface area contributed by atoms with Gasteiger partial charge in [0.2, 0.25) is 0 Å². The summed E-state index contributed by atoms with van der Waals surface area (Å²) in [6.07, 6.45) is 2.76. The van der Waals surface area contributed by atoms with Gasteiger partial charge in [-0.05, 0) is 61.9 Å². The van der Waals surface area contributed by atoms with Gasteiger partial charge in [0.1, 0.15) is 22.1 Å². The van der Waals surface area contributed by atoms with E-state index < -0.39 is 17.5 Å². The molecule has 3 N–H and O–H groups in total. The second kappa shape index (κ2) is 10.7. The van der Waals surface area contributed by atoms with Crippen LogP contribution >= 0.6 is 34.5 Å². The maximum absolute atomic E-state index is 12.0. The molecule has 0 aliphatic heterocycles. The molecule has 2 heterocycles. The minimum absolute atomic E-state index is 0.162. The number of aromatic carboxylic acids is 1. The minimum Gasteiger partial charge on any atom is -0.478 e. The van der Waals surface area contributed by atoms with E-state index in [1.54, 1.807) is 30.3 Å². The SMILES string of the molecule is CC1CC(OCc2c(-c3c(Cl)cccc3Cl)noc2C2CC2)CC(CO)C1(O)c1nc2ccc(C(=O)O)cc2s1. The van der Waals surface area contributed by atoms with Crippen LogP contribution in [0.3, 0.4) is 0 Å². The average Bonchev–Trinajstić information content (AvgIpc) is 3.54. The lowest BCUT2D eigenvalue weighted by Gasteiger charge is -2.45. The number of carboxylic acid groups (broad SMARTS) is 1. The van der Waals surface area contributed by atoms with E-state index in [1.807, 2.05) is 6.92 Å². The van der Waals surface area contributed by atoms with Gasteiger partial charge in [-0.2, -0.15) is 0 Å². The summed E-state index contributed by atoms with van der Waals surface area (Å²) in [7, 11) is 0. The third-order valence-electron chi connectivity index (χ3n) is 8.17. The molecule has 4 atom stereocenters. The monoisotopic (exact) mass is 602 g/mol. The number of carboxylic acids is 1. The van der Waals surface area contributed by atoms with E-state index in [2.05, 4.69) is 10.1 Å². The Hall–Kier alpha value is -2.53. The van der Waals surface area contributed by atoms with E-state index >= 15 is 0 Å². The van der Waals surface area contributed by atoms with Crippen LogP contribution in [0, 0.1) is 11.8 Å². The Morgan fingerprint density at radius 2 is 1.95 bits per heavy atom. The number of halogens is 2. The number of fused-ring (bicyclic) bond motifs is 1. The number of nitrogens with zero attached hydrogens (tertiary/aromatic N) is 2. The molecule has 0 radical (unpaired) electrons. The molecule has 2 saturated carbocycles. The number of ether oxygens (including phenoxy) is 1. The van der Waals surface area contributed by atoms with Crippen molar-refractivity contribution in [2.45, 2.75) is 56.8 Å². The number of benzene rings is 2. The van der Waals surface area contributed by atoms with Crippen LogP contribution in [0.1, 0.15) is 65.2 Å². The second-order valence-corrected chi connectivity index (χ2v) is 12.6. The Bertz CT molecular complexity index is 1560. The molecule has 0 spiro atoms. The Balaban J connectivity index is 1.25. The van der Waals surface area contributed by atoms with Crippen molar-refractivity contribution in [3.8, 4) is 11.3 Å². The number of aromatic nitrogens is 2. The maximum Gasteiger partial charge on any atom is 0.335 e. The van der Waals surface area contributed by atoms with Gasteiger partial charge in [-0.15, -0.1) is 11.3 Å². The van der Waals surface area contributed by atoms with Gasteiger partial charge in [0, 0.05) is 29.6 Å². The smallest absolute Gasteiger partial charge is 0.335 e. The van der Waals surface area contributed by atoms with Gasteiger partial charge in [-0.1, -0.05) is 41.3 Å². The van der Waals surface area contributed by atoms with Gasteiger partial charge in [0.25, 0.3) is 0 Å². The highest BCUT2D eigenvalue weighted by molar-refractivity contribution is 7.18. The predicted octanol–water partition coefficient (Wildman–Crippen LogP) is 6.65. The van der Waals surface area contributed by atoms with Crippen LogP contribution in [0.2, 0.25) is 10.0 Å². The van der Waals surface area contributed by atoms with Gasteiger partial charge in [-0.3, -0.25) is 0 Å². The third-order valence-corrected chi connectivity index (χ3v) is 9.95. The van der Waals surface area contributed by atoms with Gasteiger partial charge in [0.15, 0.2) is 0 Å². The quantitative estimate of drug-likeness (QED) is 0.205. The van der Waals surface area contributed by atoms with Crippen molar-refractivity contribution < 1.29 is 29.4 Å². The van der Waals surface area contributed by atoms with Crippen molar-refractivity contribution in [2.24, 2.45) is 11.8 Å². The van der Waals surface area contributed by atoms with Crippen molar-refractivity contribution in [1.82, 2.24) is 10.1 Å². The Morgan fingerprint density at radius 1 is 1.20 bits per heavy atom. The van der Waals surface area contributed by atoms with Crippen molar-refractivity contribution in [1.29, 1.82) is 0 Å². The van der Waals surface area contributed by atoms with E-state index in [4.69, 9.17) is 32.5 Å². The first-order valence-corrected chi connectivity index (χ1v) is 14.8. The maximum atomic E-state index is 12.0. The number of rotatable bonds is 8. The van der Waals surface area contributed by atoms with Gasteiger partial charge >= 0.3 is 5.97 Å². The van der Waals surface area contributed by atoms with Crippen molar-refractivity contribution in [2.75, 3.05) is 6.61 Å². The highest BCUT2D eigenvalue weighted by atomic mass is 35.5. The second-order valence-electron chi connectivity index (χ2n) is 10.8. The fourth-order valence-electron chi connectivity index (χ4n) is 5.78. The van der Waals surface area contributed by atoms with Crippen molar-refractivity contribution in [3.05, 3.63) is 68.3 Å². The van der Waals surface area contributed by atoms with E-state index in [9.17, 15) is 20.1 Å². The molecule has 0 bridgehead atoms. The Kier molecular flexibility index (Phi) is 7.39. The highest BCUT2D eigenvalue weighted by Crippen LogP contribution is 2.50. The molecule has 6 rings (SSSR count). The van der Waals surface area contributed by atoms with E-state index in [0.717, 1.165) is 24.2 Å². The topological polar surface area (TPSA) is 126 Å². The largest absolute Gasteiger partial charge is 0.478 e. The number of thiazole rings is 1. The number of carbonyl (C=O) groups is 1. The van der Waals surface area contributed by atoms with Crippen molar-refractivity contribution in [3.63, 3.8) is 0 Å². The zero-order valence-electron chi connectivity index (χ0n) is 21.6. The molecule has 2 aliphatic rings. The Morgan fingerprint density at radius 3 is 2.62 bits per heavy atom. The standard InChI is InChI=1S/C29H28Cl2N2O6S/c1-14-9-18(11-17(12-34)29(14,37)28-32-22-8-7-16(27(35)36)10-23(22)40-28)38-13-19-25(33-39-26(19)15-5-6-15)24-20(30)3-2-4-21(24)31/h2-4,7-8,10,14-15,17-18,34,37H,5-6,9,11-13H2,1H3,(H,35,36). The van der Waals surface area contributed by atoms with E-state index in [1.165, 1.54) is 17.4 Å². The molecule has 2 aromatic carbocycles. The lowest BCUT2D eigenvalue weighted by Crippen LogP contribution is -2.49. The number of aliphatic hydroxyl groups is 2. The number of hydrogen-bond acceptors (Lipinski definition) is 8. The normalized spacial score (nSPS) is 25.0. The van der Waals surface area contributed by atoms with Crippen LogP contribution in [0.5, 0.6) is 0 Å². The van der Waals surface area contributed by atoms with Gasteiger partial charge < -0.3 is 24.6 Å². The molecule has 210 valence electrons. The predicted molar refractivity (Wildman–Crippen MR) is 152 cm³/mol. The van der Waals surface area contributed by atoms with Gasteiger partial charge in [-0.25, -0.2) is 9.78 Å². The first-order valence-electron chi connectivity index (χ1n) is 13.2. The summed E-state index contributed by atoms with van der Waals surface area (Å²) in [4.78, 5) is 16.1. The highest BCUT2D eigenvalue weighted by Gasteiger charge is 2.50. The fraction of sp³-hybridized carbons (Fsp3) is 0.414. The summed E-state index contributed by atoms with van der Waals surface area (Å²) in [5.41, 5.74) is 1.41. The molecule has 40 heavy (non-hydrogen) atoms. The molecule has 4 unspecified atom stereocenters. The Labute approximate surface area is 244 Å². The fourth-order valence-corrected chi connectivity index (χ4v) is 7.65. The van der Waals surface area contributed by atoms with Crippen LogP contribution < -0.4 is 0 Å². The summed E-state index contributed by atoms with van der Waals surface area (Å²) in [5.74, 6) is -0.746. The first kappa shape index (κ1) is 27.6. The minimum atomic E-state index is -1.38. The summed E-state index contributed by atoms with van der Waals surface area (Å²) in [5, 5.41) is 37.4. The molecule has 8 nitrogen and oxygen atoms in total. The molecule has 2 aromatic heterocycles. The molecular weight excluding hydrogens is 575 g/mol. The van der Waals surface area contributed by atoms with Crippen LogP contribution in [-0.4, -0.2) is 44.1 Å². The lowest BCUT2D eigenvalue weighted by atomic mass is 9.68. The number of aliphatic hydroxyl groups excluding tert-OH is 1. The van der Waals surface area contributed by atoms with Crippen LogP contribution in [0.15, 0.2) is 40.9 Å². The van der Waals surface area contributed by atoms with Gasteiger partial charge in [0.05, 0.1) is 38.5 Å². The first-order chi connectivity index (χ1) is 19.2. The third kappa shape index (κ3) is 4.82. The summed E-state index contributed by atoms with van der Waals surface area (Å²) < 4.78 is 12.9. The van der Waals surface area contributed by atoms with E-state index in [-0.39, 0.29) is 30.8 Å². The van der Waals surface area contributed by atoms with Crippen LogP contribution in [0.25, 0.3) is 21.5 Å².